The molecule has 1 unspecified atom stereocenters. The van der Waals surface area contributed by atoms with Crippen molar-refractivity contribution in [3.8, 4) is 0 Å². The van der Waals surface area contributed by atoms with Crippen molar-refractivity contribution in [2.24, 2.45) is 40.4 Å². The van der Waals surface area contributed by atoms with Crippen molar-refractivity contribution < 1.29 is 19.7 Å². The molecule has 27 heavy (non-hydrogen) atoms. The molecule has 0 radical (unpaired) electrons. The van der Waals surface area contributed by atoms with Gasteiger partial charge in [-0.2, -0.15) is 0 Å². The van der Waals surface area contributed by atoms with Crippen LogP contribution in [0.15, 0.2) is 11.6 Å². The zero-order chi connectivity index (χ0) is 19.0. The normalized spacial score (nSPS) is 51.0. The maximum absolute atomic E-state index is 11.6. The lowest BCUT2D eigenvalue weighted by molar-refractivity contribution is -0.233. The lowest BCUT2D eigenvalue weighted by atomic mass is 9.44. The fourth-order valence-electron chi connectivity index (χ4n) is 8.43. The molecule has 0 aromatic rings. The quantitative estimate of drug-likeness (QED) is 0.541. The molecule has 0 amide bonds. The van der Waals surface area contributed by atoms with Gasteiger partial charge in [0.15, 0.2) is 5.79 Å². The summed E-state index contributed by atoms with van der Waals surface area (Å²) in [5.74, 6) is 1.59. The molecule has 0 saturated heterocycles. The minimum atomic E-state index is -1.44. The van der Waals surface area contributed by atoms with E-state index in [2.05, 4.69) is 13.8 Å². The third-order valence-electron chi connectivity index (χ3n) is 9.83. The first-order valence-electron chi connectivity index (χ1n) is 11.0. The van der Waals surface area contributed by atoms with E-state index in [1.807, 2.05) is 0 Å². The van der Waals surface area contributed by atoms with Crippen LogP contribution in [0.5, 0.6) is 0 Å². The van der Waals surface area contributed by atoms with Crippen LogP contribution in [0.3, 0.4) is 0 Å². The van der Waals surface area contributed by atoms with Gasteiger partial charge < -0.3 is 14.9 Å². The largest absolute Gasteiger partial charge is 0.458 e. The Morgan fingerprint density at radius 1 is 0.963 bits per heavy atom. The minimum Gasteiger partial charge on any atom is -0.458 e. The Morgan fingerprint density at radius 2 is 1.74 bits per heavy atom. The second-order valence-electron chi connectivity index (χ2n) is 10.8. The van der Waals surface area contributed by atoms with E-state index in [1.165, 1.54) is 37.7 Å². The molecule has 7 atom stereocenters. The van der Waals surface area contributed by atoms with Gasteiger partial charge in [-0.25, -0.2) is 4.79 Å². The molecule has 1 aliphatic heterocycles. The van der Waals surface area contributed by atoms with Gasteiger partial charge in [0, 0.05) is 18.9 Å². The van der Waals surface area contributed by atoms with Crippen LogP contribution in [-0.4, -0.2) is 28.6 Å². The molecule has 2 N–H and O–H groups in total. The number of carbonyl (C=O) groups excluding carboxylic acids is 1. The molecule has 5 aliphatic rings. The molecule has 4 fully saturated rings. The van der Waals surface area contributed by atoms with Gasteiger partial charge in [-0.1, -0.05) is 13.8 Å². The van der Waals surface area contributed by atoms with E-state index in [4.69, 9.17) is 4.74 Å². The molecule has 4 saturated carbocycles. The number of carbonyl (C=O) groups is 1. The molecule has 0 aromatic carbocycles. The molecule has 0 spiro atoms. The molecule has 0 bridgehead atoms. The van der Waals surface area contributed by atoms with Crippen LogP contribution in [0.4, 0.5) is 0 Å². The lowest BCUT2D eigenvalue weighted by Crippen LogP contribution is -2.56. The van der Waals surface area contributed by atoms with Gasteiger partial charge in [0.1, 0.15) is 6.61 Å². The molecule has 4 nitrogen and oxygen atoms in total. The average molecular weight is 375 g/mol. The van der Waals surface area contributed by atoms with Crippen molar-refractivity contribution in [1.82, 2.24) is 0 Å². The number of esters is 1. The Kier molecular flexibility index (Phi) is 3.92. The molecular formula is C23H34O4. The fraction of sp³-hybridized carbons (Fsp3) is 0.870. The maximum atomic E-state index is 11.6. The lowest BCUT2D eigenvalue weighted by Gasteiger charge is -2.61. The third kappa shape index (κ3) is 2.58. The highest BCUT2D eigenvalue weighted by molar-refractivity contribution is 5.85. The molecule has 5 rings (SSSR count). The summed E-state index contributed by atoms with van der Waals surface area (Å²) in [4.78, 5) is 11.6. The van der Waals surface area contributed by atoms with E-state index in [1.54, 1.807) is 6.08 Å². The number of cyclic esters (lactones) is 1. The van der Waals surface area contributed by atoms with Gasteiger partial charge in [0.25, 0.3) is 0 Å². The zero-order valence-corrected chi connectivity index (χ0v) is 16.7. The molecule has 4 heteroatoms. The number of ether oxygens (including phenoxy) is 1. The minimum absolute atomic E-state index is 0.155. The molecule has 1 heterocycles. The van der Waals surface area contributed by atoms with E-state index >= 15 is 0 Å². The van der Waals surface area contributed by atoms with E-state index in [-0.39, 0.29) is 11.4 Å². The highest BCUT2D eigenvalue weighted by Gasteiger charge is 2.61. The second kappa shape index (κ2) is 5.82. The SMILES string of the molecule is C[C@]12CC[C@H]3[C@@H](CCC4CC(O)(O)CC[C@@]43C)[C@@H]1CC[C@@H]2C1=CC(=O)OC1. The summed E-state index contributed by atoms with van der Waals surface area (Å²) < 4.78 is 5.24. The summed E-state index contributed by atoms with van der Waals surface area (Å²) in [6.45, 7) is 5.44. The van der Waals surface area contributed by atoms with Gasteiger partial charge in [0.05, 0.1) is 0 Å². The number of hydrogen-bond donors (Lipinski definition) is 2. The number of hydrogen-bond acceptors (Lipinski definition) is 4. The Bertz CT molecular complexity index is 682. The van der Waals surface area contributed by atoms with Crippen LogP contribution in [0.2, 0.25) is 0 Å². The topological polar surface area (TPSA) is 66.8 Å². The standard InChI is InChI=1S/C23H34O4/c1-21-9-10-23(25,26)12-15(21)3-4-16-18-6-5-17(14-11-20(24)27-13-14)22(18,2)8-7-19(16)21/h11,15-19,25-26H,3-10,12-13H2,1-2H3/t15?,16-,17+,18-,19-,21-,22+/m0/s1. The second-order valence-corrected chi connectivity index (χ2v) is 10.8. The van der Waals surface area contributed by atoms with Gasteiger partial charge in [-0.3, -0.25) is 0 Å². The Morgan fingerprint density at radius 3 is 2.48 bits per heavy atom. The van der Waals surface area contributed by atoms with Crippen molar-refractivity contribution in [1.29, 1.82) is 0 Å². The first-order valence-corrected chi connectivity index (χ1v) is 11.0. The van der Waals surface area contributed by atoms with Gasteiger partial charge >= 0.3 is 5.97 Å². The van der Waals surface area contributed by atoms with Crippen LogP contribution < -0.4 is 0 Å². The van der Waals surface area contributed by atoms with E-state index in [0.29, 0.717) is 36.7 Å². The number of aliphatic hydroxyl groups is 2. The summed E-state index contributed by atoms with van der Waals surface area (Å²) in [5, 5.41) is 20.4. The fourth-order valence-corrected chi connectivity index (χ4v) is 8.43. The average Bonchev–Trinajstić information content (AvgIpc) is 3.18. The van der Waals surface area contributed by atoms with E-state index in [9.17, 15) is 15.0 Å². The first kappa shape index (κ1) is 18.2. The smallest absolute Gasteiger partial charge is 0.331 e. The predicted molar refractivity (Wildman–Crippen MR) is 101 cm³/mol. The van der Waals surface area contributed by atoms with E-state index < -0.39 is 5.79 Å². The van der Waals surface area contributed by atoms with Crippen molar-refractivity contribution in [2.45, 2.75) is 77.4 Å². The van der Waals surface area contributed by atoms with Crippen LogP contribution >= 0.6 is 0 Å². The Hall–Kier alpha value is -0.870. The molecule has 4 aliphatic carbocycles. The number of fused-ring (bicyclic) bond motifs is 5. The first-order chi connectivity index (χ1) is 12.7. The summed E-state index contributed by atoms with van der Waals surface area (Å²) in [6.07, 6.45) is 11.2. The molecular weight excluding hydrogens is 340 g/mol. The molecule has 0 aromatic heterocycles. The highest BCUT2D eigenvalue weighted by Crippen LogP contribution is 2.68. The summed E-state index contributed by atoms with van der Waals surface area (Å²) in [5.41, 5.74) is 1.81. The monoisotopic (exact) mass is 374 g/mol. The van der Waals surface area contributed by atoms with Crippen LogP contribution in [0.25, 0.3) is 0 Å². The van der Waals surface area contributed by atoms with Gasteiger partial charge in [0.2, 0.25) is 0 Å². The zero-order valence-electron chi connectivity index (χ0n) is 16.7. The van der Waals surface area contributed by atoms with Crippen LogP contribution in [0.1, 0.15) is 71.6 Å². The third-order valence-corrected chi connectivity index (χ3v) is 9.83. The van der Waals surface area contributed by atoms with Gasteiger partial charge in [-0.15, -0.1) is 0 Å². The van der Waals surface area contributed by atoms with Crippen molar-refractivity contribution in [3.63, 3.8) is 0 Å². The van der Waals surface area contributed by atoms with Crippen LogP contribution in [-0.2, 0) is 9.53 Å². The van der Waals surface area contributed by atoms with E-state index in [0.717, 1.165) is 30.6 Å². The van der Waals surface area contributed by atoms with Crippen molar-refractivity contribution in [2.75, 3.05) is 6.61 Å². The Balaban J connectivity index is 1.41. The highest BCUT2D eigenvalue weighted by atomic mass is 16.5. The predicted octanol–water partition coefficient (Wildman–Crippen LogP) is 3.81. The Labute approximate surface area is 162 Å². The van der Waals surface area contributed by atoms with Crippen molar-refractivity contribution in [3.05, 3.63) is 11.6 Å². The summed E-state index contributed by atoms with van der Waals surface area (Å²) in [7, 11) is 0. The van der Waals surface area contributed by atoms with Crippen LogP contribution in [0, 0.1) is 40.4 Å². The number of rotatable bonds is 1. The van der Waals surface area contributed by atoms with Crippen molar-refractivity contribution >= 4 is 5.97 Å². The maximum Gasteiger partial charge on any atom is 0.331 e. The molecule has 150 valence electrons. The summed E-state index contributed by atoms with van der Waals surface area (Å²) in [6, 6.07) is 0. The van der Waals surface area contributed by atoms with Gasteiger partial charge in [-0.05, 0) is 90.9 Å². The summed E-state index contributed by atoms with van der Waals surface area (Å²) >= 11 is 0.